The molecule has 0 aromatic carbocycles. The predicted molar refractivity (Wildman–Crippen MR) is 84.1 cm³/mol. The molecule has 0 aliphatic carbocycles. The van der Waals surface area contributed by atoms with E-state index in [2.05, 4.69) is 5.92 Å². The van der Waals surface area contributed by atoms with Gasteiger partial charge in [0, 0.05) is 31.4 Å². The van der Waals surface area contributed by atoms with Crippen LogP contribution in [0.1, 0.15) is 26.2 Å². The molecule has 1 heterocycles. The standard InChI is InChI=1S/C17H24O6/c1-3-12-5-6-16(21)23-14(12)7-8-17(22,9-10-18)15(20)11-13(19)4-2/h2,5-8,12-15,18-20,22H,3,9-11H2,1H3/t12-,13+,14-,15+,17-/m0/s1. The maximum Gasteiger partial charge on any atom is 0.331 e. The maximum atomic E-state index is 11.4. The number of aliphatic hydroxyl groups is 4. The molecule has 0 unspecified atom stereocenters. The summed E-state index contributed by atoms with van der Waals surface area (Å²) >= 11 is 0. The molecule has 6 nitrogen and oxygen atoms in total. The lowest BCUT2D eigenvalue weighted by Gasteiger charge is -2.31. The fourth-order valence-electron chi connectivity index (χ4n) is 2.41. The van der Waals surface area contributed by atoms with Crippen LogP contribution in [0.25, 0.3) is 0 Å². The Bertz CT molecular complexity index is 492. The number of ether oxygens (including phenoxy) is 1. The molecule has 0 aromatic rings. The van der Waals surface area contributed by atoms with Gasteiger partial charge in [-0.25, -0.2) is 4.79 Å². The van der Waals surface area contributed by atoms with Gasteiger partial charge in [-0.15, -0.1) is 6.42 Å². The summed E-state index contributed by atoms with van der Waals surface area (Å²) in [7, 11) is 0. The summed E-state index contributed by atoms with van der Waals surface area (Å²) in [6, 6.07) is 0. The second-order valence-corrected chi connectivity index (χ2v) is 5.59. The van der Waals surface area contributed by atoms with Gasteiger partial charge in [-0.1, -0.05) is 25.0 Å². The summed E-state index contributed by atoms with van der Waals surface area (Å²) in [5.41, 5.74) is -1.78. The Kier molecular flexibility index (Phi) is 7.46. The molecule has 128 valence electrons. The van der Waals surface area contributed by atoms with Gasteiger partial charge >= 0.3 is 5.97 Å². The van der Waals surface area contributed by atoms with Crippen molar-refractivity contribution in [3.8, 4) is 12.3 Å². The molecule has 5 atom stereocenters. The number of terminal acetylenes is 1. The molecule has 0 saturated heterocycles. The zero-order valence-corrected chi connectivity index (χ0v) is 13.1. The van der Waals surface area contributed by atoms with E-state index < -0.39 is 29.9 Å². The molecule has 0 radical (unpaired) electrons. The van der Waals surface area contributed by atoms with Crippen LogP contribution in [0.3, 0.4) is 0 Å². The fraction of sp³-hybridized carbons (Fsp3) is 0.588. The molecule has 0 bridgehead atoms. The Labute approximate surface area is 136 Å². The van der Waals surface area contributed by atoms with E-state index in [-0.39, 0.29) is 25.4 Å². The van der Waals surface area contributed by atoms with Gasteiger partial charge in [-0.3, -0.25) is 0 Å². The normalized spacial score (nSPS) is 26.3. The third-order valence-electron chi connectivity index (χ3n) is 3.93. The van der Waals surface area contributed by atoms with Crippen molar-refractivity contribution in [2.75, 3.05) is 6.61 Å². The van der Waals surface area contributed by atoms with Crippen molar-refractivity contribution < 1.29 is 30.0 Å². The van der Waals surface area contributed by atoms with Crippen molar-refractivity contribution in [1.82, 2.24) is 0 Å². The van der Waals surface area contributed by atoms with E-state index in [1.54, 1.807) is 6.08 Å². The van der Waals surface area contributed by atoms with Gasteiger partial charge in [-0.2, -0.15) is 0 Å². The van der Waals surface area contributed by atoms with Gasteiger partial charge in [-0.05, 0) is 12.5 Å². The summed E-state index contributed by atoms with van der Waals surface area (Å²) in [4.78, 5) is 11.4. The largest absolute Gasteiger partial charge is 0.454 e. The highest BCUT2D eigenvalue weighted by Gasteiger charge is 2.34. The Hall–Kier alpha value is -1.65. The lowest BCUT2D eigenvalue weighted by Crippen LogP contribution is -2.43. The van der Waals surface area contributed by atoms with E-state index in [9.17, 15) is 20.1 Å². The third-order valence-corrected chi connectivity index (χ3v) is 3.93. The van der Waals surface area contributed by atoms with Gasteiger partial charge in [0.15, 0.2) is 0 Å². The number of rotatable bonds is 8. The fourth-order valence-corrected chi connectivity index (χ4v) is 2.41. The van der Waals surface area contributed by atoms with Crippen molar-refractivity contribution in [2.45, 2.75) is 50.1 Å². The zero-order chi connectivity index (χ0) is 17.5. The Balaban J connectivity index is 2.90. The van der Waals surface area contributed by atoms with Crippen LogP contribution in [-0.2, 0) is 9.53 Å². The van der Waals surface area contributed by atoms with Crippen LogP contribution in [0.5, 0.6) is 0 Å². The van der Waals surface area contributed by atoms with Crippen LogP contribution < -0.4 is 0 Å². The highest BCUT2D eigenvalue weighted by Crippen LogP contribution is 2.25. The van der Waals surface area contributed by atoms with Crippen molar-refractivity contribution in [2.24, 2.45) is 5.92 Å². The molecule has 0 spiro atoms. The SMILES string of the molecule is C#C[C@@H](O)C[C@@H](O)[C@](O)(C=C[C@@H]1OC(=O)C=C[C@@H]1CC)CCO. The quantitative estimate of drug-likeness (QED) is 0.282. The van der Waals surface area contributed by atoms with Crippen LogP contribution in [-0.4, -0.2) is 56.9 Å². The number of carbonyl (C=O) groups excluding carboxylic acids is 1. The monoisotopic (exact) mass is 324 g/mol. The van der Waals surface area contributed by atoms with E-state index in [4.69, 9.17) is 16.3 Å². The average molecular weight is 324 g/mol. The summed E-state index contributed by atoms with van der Waals surface area (Å²) < 4.78 is 5.20. The maximum absolute atomic E-state index is 11.4. The minimum atomic E-state index is -1.78. The molecule has 0 amide bonds. The highest BCUT2D eigenvalue weighted by atomic mass is 16.5. The van der Waals surface area contributed by atoms with Crippen LogP contribution >= 0.6 is 0 Å². The topological polar surface area (TPSA) is 107 Å². The lowest BCUT2D eigenvalue weighted by molar-refractivity contribution is -0.143. The predicted octanol–water partition coefficient (Wildman–Crippen LogP) is -0.0910. The number of aliphatic hydroxyl groups excluding tert-OH is 3. The number of carbonyl (C=O) groups is 1. The van der Waals surface area contributed by atoms with Crippen molar-refractivity contribution in [3.05, 3.63) is 24.3 Å². The van der Waals surface area contributed by atoms with Gasteiger partial charge < -0.3 is 25.2 Å². The third kappa shape index (κ3) is 5.48. The number of hydrogen-bond acceptors (Lipinski definition) is 6. The summed E-state index contributed by atoms with van der Waals surface area (Å²) in [6.07, 6.45) is 8.17. The highest BCUT2D eigenvalue weighted by molar-refractivity contribution is 5.83. The summed E-state index contributed by atoms with van der Waals surface area (Å²) in [6.45, 7) is 1.57. The van der Waals surface area contributed by atoms with Gasteiger partial charge in [0.05, 0.1) is 6.10 Å². The number of cyclic esters (lactones) is 1. The molecule has 4 N–H and O–H groups in total. The van der Waals surface area contributed by atoms with Crippen LogP contribution in [0, 0.1) is 18.3 Å². The molecule has 1 aliphatic heterocycles. The molecule has 6 heteroatoms. The molecule has 0 saturated carbocycles. The Morgan fingerprint density at radius 3 is 2.78 bits per heavy atom. The van der Waals surface area contributed by atoms with Gasteiger partial charge in [0.1, 0.15) is 17.8 Å². The van der Waals surface area contributed by atoms with E-state index >= 15 is 0 Å². The van der Waals surface area contributed by atoms with Gasteiger partial charge in [0.25, 0.3) is 0 Å². The van der Waals surface area contributed by atoms with Crippen LogP contribution in [0.15, 0.2) is 24.3 Å². The first-order chi connectivity index (χ1) is 10.9. The van der Waals surface area contributed by atoms with Gasteiger partial charge in [0.2, 0.25) is 0 Å². The second kappa shape index (κ2) is 8.85. The van der Waals surface area contributed by atoms with E-state index in [0.29, 0.717) is 0 Å². The first kappa shape index (κ1) is 19.4. The lowest BCUT2D eigenvalue weighted by atomic mass is 9.87. The smallest absolute Gasteiger partial charge is 0.331 e. The van der Waals surface area contributed by atoms with Crippen LogP contribution in [0.4, 0.5) is 0 Å². The molecule has 1 aliphatic rings. The Morgan fingerprint density at radius 1 is 1.52 bits per heavy atom. The molecule has 0 fully saturated rings. The van der Waals surface area contributed by atoms with E-state index in [0.717, 1.165) is 6.42 Å². The van der Waals surface area contributed by atoms with Crippen molar-refractivity contribution >= 4 is 5.97 Å². The first-order valence-electron chi connectivity index (χ1n) is 7.60. The van der Waals surface area contributed by atoms with E-state index in [1.165, 1.54) is 18.2 Å². The molecule has 23 heavy (non-hydrogen) atoms. The number of esters is 1. The van der Waals surface area contributed by atoms with Crippen molar-refractivity contribution in [1.29, 1.82) is 0 Å². The molecular formula is C17H24O6. The molecular weight excluding hydrogens is 300 g/mol. The number of hydrogen-bond donors (Lipinski definition) is 4. The average Bonchev–Trinajstić information content (AvgIpc) is 2.53. The molecule has 1 rings (SSSR count). The minimum absolute atomic E-state index is 0.0317. The second-order valence-electron chi connectivity index (χ2n) is 5.59. The first-order valence-corrected chi connectivity index (χ1v) is 7.60. The van der Waals surface area contributed by atoms with Crippen LogP contribution in [0.2, 0.25) is 0 Å². The summed E-state index contributed by atoms with van der Waals surface area (Å²) in [5, 5.41) is 39.2. The Morgan fingerprint density at radius 2 is 2.22 bits per heavy atom. The molecule has 0 aromatic heterocycles. The van der Waals surface area contributed by atoms with E-state index in [1.807, 2.05) is 6.92 Å². The summed E-state index contributed by atoms with van der Waals surface area (Å²) in [5.74, 6) is 1.55. The zero-order valence-electron chi connectivity index (χ0n) is 13.1. The van der Waals surface area contributed by atoms with Crippen molar-refractivity contribution in [3.63, 3.8) is 0 Å². The minimum Gasteiger partial charge on any atom is -0.454 e.